The highest BCUT2D eigenvalue weighted by molar-refractivity contribution is 4.96. The van der Waals surface area contributed by atoms with Gasteiger partial charge in [0, 0.05) is 13.0 Å². The number of nitrogens with zero attached hydrogens (tertiary/aromatic N) is 3. The third-order valence-corrected chi connectivity index (χ3v) is 3.53. The molecule has 0 aromatic carbocycles. The molecule has 2 rings (SSSR count). The summed E-state index contributed by atoms with van der Waals surface area (Å²) in [4.78, 5) is 4.34. The Labute approximate surface area is 96.7 Å². The maximum absolute atomic E-state index is 9.62. The molecule has 1 N–H and O–H groups in total. The number of aromatic nitrogens is 3. The Morgan fingerprint density at radius 3 is 3.06 bits per heavy atom. The normalized spacial score (nSPS) is 29.8. The van der Waals surface area contributed by atoms with E-state index < -0.39 is 0 Å². The molecular weight excluding hydrogens is 202 g/mol. The van der Waals surface area contributed by atoms with Crippen molar-refractivity contribution in [2.75, 3.05) is 0 Å². The van der Waals surface area contributed by atoms with Crippen LogP contribution in [0, 0.1) is 5.41 Å². The van der Waals surface area contributed by atoms with Gasteiger partial charge in [-0.05, 0) is 31.1 Å². The molecule has 1 heterocycles. The zero-order valence-corrected chi connectivity index (χ0v) is 10.2. The molecule has 4 heteroatoms. The van der Waals surface area contributed by atoms with E-state index in [4.69, 9.17) is 0 Å². The van der Waals surface area contributed by atoms with Crippen molar-refractivity contribution in [2.45, 2.75) is 58.6 Å². The van der Waals surface area contributed by atoms with Crippen LogP contribution in [0.2, 0.25) is 0 Å². The van der Waals surface area contributed by atoms with E-state index in [2.05, 4.69) is 23.9 Å². The van der Waals surface area contributed by atoms with E-state index in [1.165, 1.54) is 0 Å². The van der Waals surface area contributed by atoms with Gasteiger partial charge in [-0.25, -0.2) is 4.98 Å². The van der Waals surface area contributed by atoms with E-state index in [0.717, 1.165) is 44.5 Å². The molecule has 2 unspecified atom stereocenters. The fourth-order valence-electron chi connectivity index (χ4n) is 2.65. The van der Waals surface area contributed by atoms with Crippen LogP contribution < -0.4 is 0 Å². The van der Waals surface area contributed by atoms with E-state index in [9.17, 15) is 5.11 Å². The highest BCUT2D eigenvalue weighted by Crippen LogP contribution is 2.40. The quantitative estimate of drug-likeness (QED) is 0.846. The molecule has 0 aliphatic heterocycles. The average Bonchev–Trinajstić information content (AvgIpc) is 2.76. The number of hydrogen-bond donors (Lipinski definition) is 1. The van der Waals surface area contributed by atoms with E-state index in [1.807, 2.05) is 4.68 Å². The largest absolute Gasteiger partial charge is 0.393 e. The van der Waals surface area contributed by atoms with Crippen LogP contribution in [-0.2, 0) is 13.0 Å². The first-order chi connectivity index (χ1) is 7.63. The molecule has 1 aliphatic rings. The first-order valence-corrected chi connectivity index (χ1v) is 6.18. The van der Waals surface area contributed by atoms with E-state index in [0.29, 0.717) is 0 Å². The number of aryl methyl sites for hydroxylation is 1. The minimum Gasteiger partial charge on any atom is -0.393 e. The van der Waals surface area contributed by atoms with Gasteiger partial charge in [-0.2, -0.15) is 5.10 Å². The molecule has 0 saturated heterocycles. The highest BCUT2D eigenvalue weighted by Gasteiger charge is 2.35. The fraction of sp³-hybridized carbons (Fsp3) is 0.833. The van der Waals surface area contributed by atoms with Crippen LogP contribution in [0.15, 0.2) is 6.33 Å². The summed E-state index contributed by atoms with van der Waals surface area (Å²) in [5.74, 6) is 1.07. The lowest BCUT2D eigenvalue weighted by Crippen LogP contribution is -2.20. The maximum atomic E-state index is 9.62. The Balaban J connectivity index is 2.05. The molecule has 1 aromatic rings. The van der Waals surface area contributed by atoms with Crippen LogP contribution >= 0.6 is 0 Å². The Morgan fingerprint density at radius 1 is 1.62 bits per heavy atom. The van der Waals surface area contributed by atoms with Crippen molar-refractivity contribution in [1.82, 2.24) is 14.8 Å². The second kappa shape index (κ2) is 4.53. The zero-order valence-electron chi connectivity index (χ0n) is 10.2. The number of aliphatic hydroxyl groups excluding tert-OH is 1. The summed E-state index contributed by atoms with van der Waals surface area (Å²) in [5, 5.41) is 13.9. The monoisotopic (exact) mass is 223 g/mol. The van der Waals surface area contributed by atoms with E-state index >= 15 is 0 Å². The van der Waals surface area contributed by atoms with Gasteiger partial charge in [0.2, 0.25) is 0 Å². The lowest BCUT2D eigenvalue weighted by atomic mass is 9.85. The van der Waals surface area contributed by atoms with Gasteiger partial charge in [0.25, 0.3) is 0 Å². The Hall–Kier alpha value is -0.900. The molecule has 0 radical (unpaired) electrons. The minimum atomic E-state index is -0.118. The summed E-state index contributed by atoms with van der Waals surface area (Å²) in [6.45, 7) is 5.33. The minimum absolute atomic E-state index is 0.118. The standard InChI is InChI=1S/C12H21N3O/c1-3-6-15-11(13-9-14-15)8-12(2)5-4-10(16)7-12/h9-10,16H,3-8H2,1-2H3. The summed E-state index contributed by atoms with van der Waals surface area (Å²) in [6.07, 6.45) is 6.45. The fourth-order valence-corrected chi connectivity index (χ4v) is 2.65. The summed E-state index contributed by atoms with van der Waals surface area (Å²) in [6, 6.07) is 0. The van der Waals surface area contributed by atoms with Crippen molar-refractivity contribution in [2.24, 2.45) is 5.41 Å². The average molecular weight is 223 g/mol. The van der Waals surface area contributed by atoms with Crippen molar-refractivity contribution >= 4 is 0 Å². The van der Waals surface area contributed by atoms with Gasteiger partial charge >= 0.3 is 0 Å². The number of rotatable bonds is 4. The molecule has 1 fully saturated rings. The van der Waals surface area contributed by atoms with E-state index in [1.54, 1.807) is 6.33 Å². The van der Waals surface area contributed by atoms with Crippen LogP contribution in [0.1, 0.15) is 45.4 Å². The summed E-state index contributed by atoms with van der Waals surface area (Å²) >= 11 is 0. The predicted molar refractivity (Wildman–Crippen MR) is 62.0 cm³/mol. The van der Waals surface area contributed by atoms with Gasteiger partial charge in [0.05, 0.1) is 6.10 Å². The second-order valence-corrected chi connectivity index (χ2v) is 5.28. The van der Waals surface area contributed by atoms with Crippen molar-refractivity contribution in [3.8, 4) is 0 Å². The SMILES string of the molecule is CCCn1ncnc1CC1(C)CCC(O)C1. The third kappa shape index (κ3) is 2.43. The van der Waals surface area contributed by atoms with Gasteiger partial charge in [-0.15, -0.1) is 0 Å². The molecule has 0 bridgehead atoms. The van der Waals surface area contributed by atoms with Crippen molar-refractivity contribution < 1.29 is 5.11 Å². The van der Waals surface area contributed by atoms with Crippen LogP contribution in [-0.4, -0.2) is 26.0 Å². The number of aliphatic hydroxyl groups is 1. The predicted octanol–water partition coefficient (Wildman–Crippen LogP) is 1.78. The van der Waals surface area contributed by atoms with Gasteiger partial charge in [0.15, 0.2) is 0 Å². The van der Waals surface area contributed by atoms with Crippen LogP contribution in [0.25, 0.3) is 0 Å². The van der Waals surface area contributed by atoms with Crippen molar-refractivity contribution in [3.63, 3.8) is 0 Å². The molecule has 16 heavy (non-hydrogen) atoms. The van der Waals surface area contributed by atoms with Gasteiger partial charge in [-0.1, -0.05) is 13.8 Å². The first-order valence-electron chi connectivity index (χ1n) is 6.18. The van der Waals surface area contributed by atoms with Gasteiger partial charge in [0.1, 0.15) is 12.2 Å². The third-order valence-electron chi connectivity index (χ3n) is 3.53. The number of hydrogen-bond acceptors (Lipinski definition) is 3. The van der Waals surface area contributed by atoms with Crippen molar-refractivity contribution in [3.05, 3.63) is 12.2 Å². The zero-order chi connectivity index (χ0) is 11.6. The second-order valence-electron chi connectivity index (χ2n) is 5.28. The maximum Gasteiger partial charge on any atom is 0.138 e. The molecule has 1 aliphatic carbocycles. The Morgan fingerprint density at radius 2 is 2.44 bits per heavy atom. The molecule has 1 aromatic heterocycles. The first kappa shape index (κ1) is 11.6. The van der Waals surface area contributed by atoms with Crippen molar-refractivity contribution in [1.29, 1.82) is 0 Å². The molecule has 0 spiro atoms. The summed E-state index contributed by atoms with van der Waals surface area (Å²) in [7, 11) is 0. The molecule has 2 atom stereocenters. The van der Waals surface area contributed by atoms with E-state index in [-0.39, 0.29) is 11.5 Å². The van der Waals surface area contributed by atoms with Crippen LogP contribution in [0.3, 0.4) is 0 Å². The summed E-state index contributed by atoms with van der Waals surface area (Å²) in [5.41, 5.74) is 0.206. The van der Waals surface area contributed by atoms with Gasteiger partial charge in [-0.3, -0.25) is 4.68 Å². The smallest absolute Gasteiger partial charge is 0.138 e. The lowest BCUT2D eigenvalue weighted by Gasteiger charge is -2.22. The Bertz CT molecular complexity index is 350. The molecule has 4 nitrogen and oxygen atoms in total. The summed E-state index contributed by atoms with van der Waals surface area (Å²) < 4.78 is 2.00. The van der Waals surface area contributed by atoms with Crippen LogP contribution in [0.5, 0.6) is 0 Å². The molecule has 90 valence electrons. The molecular formula is C12H21N3O. The Kier molecular flexibility index (Phi) is 3.28. The van der Waals surface area contributed by atoms with Gasteiger partial charge < -0.3 is 5.11 Å². The highest BCUT2D eigenvalue weighted by atomic mass is 16.3. The molecule has 1 saturated carbocycles. The lowest BCUT2D eigenvalue weighted by molar-refractivity contribution is 0.162. The molecule has 0 amide bonds. The topological polar surface area (TPSA) is 50.9 Å². The van der Waals surface area contributed by atoms with Crippen LogP contribution in [0.4, 0.5) is 0 Å².